The average molecular weight is 368 g/mol. The Labute approximate surface area is 158 Å². The molecule has 0 amide bonds. The molecule has 1 N–H and O–H groups in total. The van der Waals surface area contributed by atoms with Gasteiger partial charge < -0.3 is 10.2 Å². The molecule has 5 nitrogen and oxygen atoms in total. The quantitative estimate of drug-likeness (QED) is 0.763. The van der Waals surface area contributed by atoms with Crippen LogP contribution in [0, 0.1) is 0 Å². The predicted octanol–water partition coefficient (Wildman–Crippen LogP) is 3.70. The van der Waals surface area contributed by atoms with Gasteiger partial charge in [0.25, 0.3) is 0 Å². The van der Waals surface area contributed by atoms with Gasteiger partial charge in [0.15, 0.2) is 5.82 Å². The van der Waals surface area contributed by atoms with Crippen LogP contribution in [0.4, 0.5) is 5.82 Å². The van der Waals surface area contributed by atoms with E-state index in [0.29, 0.717) is 0 Å². The molecule has 6 heteroatoms. The number of pyridine rings is 1. The summed E-state index contributed by atoms with van der Waals surface area (Å²) < 4.78 is 2.09. The van der Waals surface area contributed by atoms with Gasteiger partial charge in [-0.05, 0) is 36.8 Å². The zero-order valence-corrected chi connectivity index (χ0v) is 15.6. The van der Waals surface area contributed by atoms with Crippen molar-refractivity contribution in [1.82, 2.24) is 20.1 Å². The molecule has 1 saturated heterocycles. The third-order valence-electron chi connectivity index (χ3n) is 4.74. The van der Waals surface area contributed by atoms with E-state index in [0.717, 1.165) is 60.4 Å². The fourth-order valence-corrected chi connectivity index (χ4v) is 3.59. The summed E-state index contributed by atoms with van der Waals surface area (Å²) in [6, 6.07) is 12.1. The molecule has 4 rings (SSSR count). The molecule has 1 aliphatic heterocycles. The Hall–Kier alpha value is -2.37. The number of hydrogen-bond donors (Lipinski definition) is 1. The summed E-state index contributed by atoms with van der Waals surface area (Å²) >= 11 is 6.11. The van der Waals surface area contributed by atoms with Crippen molar-refractivity contribution in [2.45, 2.75) is 13.5 Å². The van der Waals surface area contributed by atoms with Gasteiger partial charge in [-0.15, -0.1) is 0 Å². The van der Waals surface area contributed by atoms with E-state index >= 15 is 0 Å². The standard InChI is InChI=1S/C20H22ClN5/c1-2-26-19(16-3-5-17(21)6-4-16)18(15-7-9-22-10-8-15)20(24-26)25-13-11-23-12-14-25/h3-10,23H,2,11-14H2,1H3. The molecule has 0 atom stereocenters. The first-order valence-corrected chi connectivity index (χ1v) is 9.38. The number of anilines is 1. The lowest BCUT2D eigenvalue weighted by Gasteiger charge is -2.28. The lowest BCUT2D eigenvalue weighted by molar-refractivity contribution is 0.577. The van der Waals surface area contributed by atoms with E-state index in [4.69, 9.17) is 16.7 Å². The molecule has 3 heterocycles. The lowest BCUT2D eigenvalue weighted by Crippen LogP contribution is -2.44. The first-order valence-electron chi connectivity index (χ1n) is 9.00. The van der Waals surface area contributed by atoms with Crippen molar-refractivity contribution in [3.8, 4) is 22.4 Å². The third kappa shape index (κ3) is 3.20. The first kappa shape index (κ1) is 17.1. The van der Waals surface area contributed by atoms with Crippen LogP contribution in [0.3, 0.4) is 0 Å². The van der Waals surface area contributed by atoms with Crippen molar-refractivity contribution in [3.63, 3.8) is 0 Å². The summed E-state index contributed by atoms with van der Waals surface area (Å²) in [5, 5.41) is 9.14. The van der Waals surface area contributed by atoms with Crippen LogP contribution in [0.25, 0.3) is 22.4 Å². The van der Waals surface area contributed by atoms with E-state index < -0.39 is 0 Å². The Morgan fingerprint density at radius 1 is 1.00 bits per heavy atom. The van der Waals surface area contributed by atoms with E-state index in [9.17, 15) is 0 Å². The highest BCUT2D eigenvalue weighted by Gasteiger charge is 2.25. The van der Waals surface area contributed by atoms with Crippen molar-refractivity contribution in [2.24, 2.45) is 0 Å². The highest BCUT2D eigenvalue weighted by atomic mass is 35.5. The Balaban J connectivity index is 1.93. The number of halogens is 1. The minimum atomic E-state index is 0.740. The predicted molar refractivity (Wildman–Crippen MR) is 107 cm³/mol. The Morgan fingerprint density at radius 2 is 1.69 bits per heavy atom. The van der Waals surface area contributed by atoms with Crippen molar-refractivity contribution in [1.29, 1.82) is 0 Å². The molecular formula is C20H22ClN5. The van der Waals surface area contributed by atoms with Gasteiger partial charge in [0.1, 0.15) is 0 Å². The summed E-state index contributed by atoms with van der Waals surface area (Å²) in [4.78, 5) is 6.56. The number of hydrogen-bond acceptors (Lipinski definition) is 4. The number of nitrogens with one attached hydrogen (secondary N) is 1. The van der Waals surface area contributed by atoms with Crippen LogP contribution in [0.1, 0.15) is 6.92 Å². The molecule has 0 radical (unpaired) electrons. The van der Waals surface area contributed by atoms with Crippen LogP contribution in [-0.2, 0) is 6.54 Å². The van der Waals surface area contributed by atoms with Gasteiger partial charge in [-0.25, -0.2) is 0 Å². The highest BCUT2D eigenvalue weighted by molar-refractivity contribution is 6.30. The van der Waals surface area contributed by atoms with E-state index in [1.54, 1.807) is 0 Å². The van der Waals surface area contributed by atoms with Gasteiger partial charge >= 0.3 is 0 Å². The first-order chi connectivity index (χ1) is 12.8. The lowest BCUT2D eigenvalue weighted by atomic mass is 10.0. The topological polar surface area (TPSA) is 46.0 Å². The van der Waals surface area contributed by atoms with Gasteiger partial charge in [-0.1, -0.05) is 23.7 Å². The molecule has 0 bridgehead atoms. The molecular weight excluding hydrogens is 346 g/mol. The van der Waals surface area contributed by atoms with E-state index in [-0.39, 0.29) is 0 Å². The third-order valence-corrected chi connectivity index (χ3v) is 4.99. The number of nitrogens with zero attached hydrogens (tertiary/aromatic N) is 4. The monoisotopic (exact) mass is 367 g/mol. The molecule has 26 heavy (non-hydrogen) atoms. The molecule has 1 aromatic carbocycles. The van der Waals surface area contributed by atoms with Crippen LogP contribution >= 0.6 is 11.6 Å². The number of aromatic nitrogens is 3. The van der Waals surface area contributed by atoms with Crippen LogP contribution in [0.2, 0.25) is 5.02 Å². The van der Waals surface area contributed by atoms with E-state index in [1.807, 2.05) is 24.5 Å². The highest BCUT2D eigenvalue weighted by Crippen LogP contribution is 2.39. The molecule has 0 aliphatic carbocycles. The molecule has 0 unspecified atom stereocenters. The molecule has 134 valence electrons. The number of aryl methyl sites for hydroxylation is 1. The van der Waals surface area contributed by atoms with Crippen molar-refractivity contribution < 1.29 is 0 Å². The van der Waals surface area contributed by atoms with Gasteiger partial charge in [-0.3, -0.25) is 9.67 Å². The minimum absolute atomic E-state index is 0.740. The maximum absolute atomic E-state index is 6.11. The molecule has 1 aliphatic rings. The second-order valence-corrected chi connectivity index (χ2v) is 6.78. The summed E-state index contributed by atoms with van der Waals surface area (Å²) in [5.74, 6) is 1.05. The maximum Gasteiger partial charge on any atom is 0.159 e. The molecule has 2 aromatic heterocycles. The maximum atomic E-state index is 6.11. The van der Waals surface area contributed by atoms with Crippen LogP contribution in [0.15, 0.2) is 48.8 Å². The van der Waals surface area contributed by atoms with Gasteiger partial charge in [0, 0.05) is 55.7 Å². The van der Waals surface area contributed by atoms with Crippen LogP contribution in [-0.4, -0.2) is 40.9 Å². The zero-order chi connectivity index (χ0) is 17.9. The fourth-order valence-electron chi connectivity index (χ4n) is 3.46. The molecule has 1 fully saturated rings. The van der Waals surface area contributed by atoms with Crippen LogP contribution < -0.4 is 10.2 Å². The van der Waals surface area contributed by atoms with Crippen molar-refractivity contribution in [3.05, 3.63) is 53.8 Å². The zero-order valence-electron chi connectivity index (χ0n) is 14.8. The largest absolute Gasteiger partial charge is 0.352 e. The second kappa shape index (κ2) is 7.48. The summed E-state index contributed by atoms with van der Waals surface area (Å²) in [6.45, 7) is 6.81. The fraction of sp³-hybridized carbons (Fsp3) is 0.300. The molecule has 0 spiro atoms. The van der Waals surface area contributed by atoms with Crippen LogP contribution in [0.5, 0.6) is 0 Å². The van der Waals surface area contributed by atoms with E-state index in [2.05, 4.69) is 51.1 Å². The van der Waals surface area contributed by atoms with Gasteiger partial charge in [-0.2, -0.15) is 5.10 Å². The summed E-state index contributed by atoms with van der Waals surface area (Å²) in [6.07, 6.45) is 3.68. The normalized spacial score (nSPS) is 14.6. The van der Waals surface area contributed by atoms with Gasteiger partial charge in [0.2, 0.25) is 0 Å². The van der Waals surface area contributed by atoms with E-state index in [1.165, 1.54) is 5.56 Å². The summed E-state index contributed by atoms with van der Waals surface area (Å²) in [7, 11) is 0. The molecule has 0 saturated carbocycles. The Bertz CT molecular complexity index is 867. The summed E-state index contributed by atoms with van der Waals surface area (Å²) in [5.41, 5.74) is 4.55. The Morgan fingerprint density at radius 3 is 2.35 bits per heavy atom. The minimum Gasteiger partial charge on any atom is -0.352 e. The SMILES string of the molecule is CCn1nc(N2CCNCC2)c(-c2ccncc2)c1-c1ccc(Cl)cc1. The number of piperazine rings is 1. The average Bonchev–Trinajstić information content (AvgIpc) is 3.09. The second-order valence-electron chi connectivity index (χ2n) is 6.34. The van der Waals surface area contributed by atoms with Crippen molar-refractivity contribution in [2.75, 3.05) is 31.1 Å². The molecule has 3 aromatic rings. The van der Waals surface area contributed by atoms with Gasteiger partial charge in [0.05, 0.1) is 11.3 Å². The Kier molecular flexibility index (Phi) is 4.91. The number of benzene rings is 1. The van der Waals surface area contributed by atoms with Crippen molar-refractivity contribution >= 4 is 17.4 Å². The smallest absolute Gasteiger partial charge is 0.159 e. The number of rotatable bonds is 4.